The molecule has 0 bridgehead atoms. The topological polar surface area (TPSA) is 21.4 Å². The molecule has 0 radical (unpaired) electrons. The van der Waals surface area contributed by atoms with Crippen LogP contribution >= 0.6 is 0 Å². The van der Waals surface area contributed by atoms with Crippen molar-refractivity contribution in [2.45, 2.75) is 41.0 Å². The Labute approximate surface area is 175 Å². The quantitative estimate of drug-likeness (QED) is 0.282. The molecule has 3 nitrogen and oxygen atoms in total. The van der Waals surface area contributed by atoms with Crippen molar-refractivity contribution in [2.75, 3.05) is 0 Å². The molecule has 2 aromatic carbocycles. The number of rotatable bonds is 3. The van der Waals surface area contributed by atoms with E-state index in [2.05, 4.69) is 28.5 Å². The molecule has 0 spiro atoms. The molecule has 0 fully saturated rings. The normalized spacial score (nSPS) is 13.0. The summed E-state index contributed by atoms with van der Waals surface area (Å²) in [5, 5.41) is 2.00. The Morgan fingerprint density at radius 3 is 2.45 bits per heavy atom. The van der Waals surface area contributed by atoms with Crippen LogP contribution in [0, 0.1) is 33.3 Å². The zero-order valence-electron chi connectivity index (χ0n) is 19.8. The molecule has 0 aliphatic carbocycles. The minimum atomic E-state index is -1.44. The molecule has 0 saturated heterocycles. The fourth-order valence-corrected chi connectivity index (χ4v) is 4.02. The second-order valence-electron chi connectivity index (χ2n) is 8.06. The van der Waals surface area contributed by atoms with Crippen molar-refractivity contribution >= 4 is 27.6 Å². The molecule has 0 aliphatic heterocycles. The fraction of sp³-hybridized carbons (Fsp3) is 0.308. The van der Waals surface area contributed by atoms with E-state index in [0.717, 1.165) is 50.0 Å². The summed E-state index contributed by atoms with van der Waals surface area (Å²) < 4.78 is 25.8. The van der Waals surface area contributed by atoms with Crippen molar-refractivity contribution in [3.63, 3.8) is 0 Å². The number of fused-ring (bicyclic) bond motifs is 3. The molecular formula is C26H27N2O+. The highest BCUT2D eigenvalue weighted by Gasteiger charge is 2.23. The maximum atomic E-state index is 8.63. The summed E-state index contributed by atoms with van der Waals surface area (Å²) in [6.07, 6.45) is -1.44. The average Bonchev–Trinajstić information content (AvgIpc) is 3.10. The molecule has 0 unspecified atom stereocenters. The first-order valence-electron chi connectivity index (χ1n) is 10.9. The first-order valence-corrected chi connectivity index (χ1v) is 9.92. The summed E-state index contributed by atoms with van der Waals surface area (Å²) in [6, 6.07) is 11.9. The van der Waals surface area contributed by atoms with Gasteiger partial charge < -0.3 is 4.42 Å². The van der Waals surface area contributed by atoms with Crippen LogP contribution in [-0.4, -0.2) is 0 Å². The van der Waals surface area contributed by atoms with Gasteiger partial charge in [-0.2, -0.15) is 4.57 Å². The van der Waals surface area contributed by atoms with Crippen LogP contribution in [-0.2, 0) is 13.4 Å². The summed E-state index contributed by atoms with van der Waals surface area (Å²) in [7, 11) is 2.00. The van der Waals surface area contributed by atoms with Gasteiger partial charge in [0.25, 0.3) is 0 Å². The minimum absolute atomic E-state index is 0.148. The smallest absolute Gasteiger partial charge is 0.216 e. The van der Waals surface area contributed by atoms with Gasteiger partial charge in [0, 0.05) is 32.6 Å². The molecule has 0 aliphatic rings. The van der Waals surface area contributed by atoms with Crippen molar-refractivity contribution in [2.24, 2.45) is 13.0 Å². The predicted molar refractivity (Wildman–Crippen MR) is 119 cm³/mol. The monoisotopic (exact) mass is 385 g/mol. The Morgan fingerprint density at radius 2 is 1.76 bits per heavy atom. The SMILES string of the molecule is [2H]C([2H])(c1cc(C)[n+](C)c(-c2c(C)ccc3c2oc2c(C)c([N+]#[C-])ccc23)c1)C(C)C. The third kappa shape index (κ3) is 3.09. The predicted octanol–water partition coefficient (Wildman–Crippen LogP) is 6.75. The zero-order valence-corrected chi connectivity index (χ0v) is 17.8. The van der Waals surface area contributed by atoms with Crippen LogP contribution in [0.5, 0.6) is 0 Å². The number of nitrogens with zero attached hydrogens (tertiary/aromatic N) is 2. The number of aryl methyl sites for hydroxylation is 3. The highest BCUT2D eigenvalue weighted by Crippen LogP contribution is 2.40. The van der Waals surface area contributed by atoms with E-state index in [1.807, 2.05) is 59.0 Å². The minimum Gasteiger partial charge on any atom is -0.456 e. The van der Waals surface area contributed by atoms with Crippen molar-refractivity contribution in [1.29, 1.82) is 0 Å². The van der Waals surface area contributed by atoms with Crippen LogP contribution in [0.25, 0.3) is 38.0 Å². The molecule has 4 aromatic rings. The van der Waals surface area contributed by atoms with Crippen molar-refractivity contribution < 1.29 is 11.7 Å². The Kier molecular flexibility index (Phi) is 4.08. The standard InChI is InChI=1S/C26H27N2O/c1-15(2)12-19-13-17(4)28(7)23(14-19)24-16(3)8-9-21-20-10-11-22(27-6)18(5)25(20)29-26(21)24/h8-11,13-15H,12H2,1-5,7H3/q+1/i12D2. The van der Waals surface area contributed by atoms with Crippen LogP contribution in [0.4, 0.5) is 5.69 Å². The van der Waals surface area contributed by atoms with Crippen LogP contribution in [0.3, 0.4) is 0 Å². The Morgan fingerprint density at radius 1 is 1.07 bits per heavy atom. The van der Waals surface area contributed by atoms with Gasteiger partial charge in [0.15, 0.2) is 11.4 Å². The zero-order chi connectivity index (χ0) is 22.7. The molecule has 146 valence electrons. The van der Waals surface area contributed by atoms with Crippen molar-refractivity contribution in [3.05, 3.63) is 70.2 Å². The molecule has 0 atom stereocenters. The Balaban J connectivity index is 2.11. The molecule has 3 heteroatoms. The highest BCUT2D eigenvalue weighted by atomic mass is 16.3. The molecule has 0 amide bonds. The van der Waals surface area contributed by atoms with Crippen molar-refractivity contribution in [3.8, 4) is 11.3 Å². The fourth-order valence-electron chi connectivity index (χ4n) is 4.02. The summed E-state index contributed by atoms with van der Waals surface area (Å²) in [4.78, 5) is 3.61. The van der Waals surface area contributed by atoms with Crippen LogP contribution < -0.4 is 4.57 Å². The number of pyridine rings is 1. The van der Waals surface area contributed by atoms with Gasteiger partial charge in [0.2, 0.25) is 5.69 Å². The Bertz CT molecular complexity index is 1390. The van der Waals surface area contributed by atoms with Gasteiger partial charge in [-0.3, -0.25) is 0 Å². The van der Waals surface area contributed by atoms with Gasteiger partial charge >= 0.3 is 0 Å². The molecule has 2 heterocycles. The molecular weight excluding hydrogens is 356 g/mol. The highest BCUT2D eigenvalue weighted by molar-refractivity contribution is 6.11. The second kappa shape index (κ2) is 7.04. The lowest BCUT2D eigenvalue weighted by atomic mass is 9.96. The van der Waals surface area contributed by atoms with E-state index in [1.165, 1.54) is 0 Å². The van der Waals surface area contributed by atoms with Gasteiger partial charge in [-0.1, -0.05) is 38.1 Å². The summed E-state index contributed by atoms with van der Waals surface area (Å²) in [5.74, 6) is -0.148. The summed E-state index contributed by atoms with van der Waals surface area (Å²) >= 11 is 0. The number of hydrogen-bond donors (Lipinski definition) is 0. The van der Waals surface area contributed by atoms with Gasteiger partial charge in [-0.15, -0.1) is 0 Å². The number of aromatic nitrogens is 1. The van der Waals surface area contributed by atoms with E-state index in [-0.39, 0.29) is 5.92 Å². The van der Waals surface area contributed by atoms with E-state index in [9.17, 15) is 0 Å². The Hall–Kier alpha value is -3.12. The largest absolute Gasteiger partial charge is 0.456 e. The third-order valence-corrected chi connectivity index (χ3v) is 5.62. The van der Waals surface area contributed by atoms with E-state index >= 15 is 0 Å². The molecule has 4 rings (SSSR count). The van der Waals surface area contributed by atoms with Gasteiger partial charge in [-0.05, 0) is 42.8 Å². The first-order chi connectivity index (χ1) is 14.6. The third-order valence-electron chi connectivity index (χ3n) is 5.62. The number of furan rings is 1. The first kappa shape index (κ1) is 16.8. The number of hydrogen-bond acceptors (Lipinski definition) is 1. The van der Waals surface area contributed by atoms with E-state index in [0.29, 0.717) is 11.3 Å². The van der Waals surface area contributed by atoms with Gasteiger partial charge in [-0.25, -0.2) is 4.85 Å². The molecule has 29 heavy (non-hydrogen) atoms. The lowest BCUT2D eigenvalue weighted by molar-refractivity contribution is -0.666. The maximum Gasteiger partial charge on any atom is 0.216 e. The summed E-state index contributed by atoms with van der Waals surface area (Å²) in [6.45, 7) is 17.2. The van der Waals surface area contributed by atoms with Crippen molar-refractivity contribution in [1.82, 2.24) is 0 Å². The number of benzene rings is 2. The van der Waals surface area contributed by atoms with Crippen LogP contribution in [0.15, 0.2) is 40.8 Å². The van der Waals surface area contributed by atoms with Crippen LogP contribution in [0.1, 0.15) is 39.0 Å². The molecule has 2 aromatic heterocycles. The lowest BCUT2D eigenvalue weighted by Crippen LogP contribution is -2.35. The maximum absolute atomic E-state index is 8.63. The van der Waals surface area contributed by atoms with E-state index < -0.39 is 6.37 Å². The van der Waals surface area contributed by atoms with Crippen LogP contribution in [0.2, 0.25) is 0 Å². The summed E-state index contributed by atoms with van der Waals surface area (Å²) in [5.41, 5.74) is 7.56. The van der Waals surface area contributed by atoms with E-state index in [4.69, 9.17) is 13.7 Å². The molecule has 0 saturated carbocycles. The average molecular weight is 386 g/mol. The second-order valence-corrected chi connectivity index (χ2v) is 8.06. The van der Waals surface area contributed by atoms with Gasteiger partial charge in [0.1, 0.15) is 18.2 Å². The van der Waals surface area contributed by atoms with Gasteiger partial charge in [0.05, 0.1) is 12.1 Å². The molecule has 0 N–H and O–H groups in total. The lowest BCUT2D eigenvalue weighted by Gasteiger charge is -2.11. The van der Waals surface area contributed by atoms with E-state index in [1.54, 1.807) is 0 Å².